The lowest BCUT2D eigenvalue weighted by Crippen LogP contribution is -2.15. The van der Waals surface area contributed by atoms with Crippen LogP contribution in [0.25, 0.3) is 0 Å². The molecule has 0 unspecified atom stereocenters. The van der Waals surface area contributed by atoms with Crippen molar-refractivity contribution >= 4 is 0 Å². The predicted molar refractivity (Wildman–Crippen MR) is 45.1 cm³/mol. The molecule has 0 heterocycles. The summed E-state index contributed by atoms with van der Waals surface area (Å²) in [6, 6.07) is 2.45. The lowest BCUT2D eigenvalue weighted by atomic mass is 10.1. The molecule has 0 bridgehead atoms. The van der Waals surface area contributed by atoms with E-state index >= 15 is 0 Å². The normalized spacial score (nSPS) is 12.2. The molecular weight excluding hydrogens is 190 g/mol. The number of hydrogen-bond acceptors (Lipinski definition) is 3. The van der Waals surface area contributed by atoms with Crippen molar-refractivity contribution < 1.29 is 13.9 Å². The van der Waals surface area contributed by atoms with Gasteiger partial charge in [0.15, 0.2) is 0 Å². The number of halogens is 2. The number of hydrogen-bond donors (Lipinski definition) is 2. The molecule has 3 N–H and O–H groups in total. The highest BCUT2D eigenvalue weighted by molar-refractivity contribution is 5.36. The molecule has 1 aromatic rings. The molecule has 0 fully saturated rings. The summed E-state index contributed by atoms with van der Waals surface area (Å²) < 4.78 is 26.0. The molecule has 0 radical (unpaired) electrons. The zero-order chi connectivity index (χ0) is 10.7. The zero-order valence-corrected chi connectivity index (χ0v) is 7.17. The summed E-state index contributed by atoms with van der Waals surface area (Å²) in [5.41, 5.74) is 4.84. The van der Waals surface area contributed by atoms with Gasteiger partial charge in [-0.2, -0.15) is 5.26 Å². The Morgan fingerprint density at radius 3 is 2.29 bits per heavy atom. The Labute approximate surface area is 79.4 Å². The summed E-state index contributed by atoms with van der Waals surface area (Å²) in [7, 11) is 0. The van der Waals surface area contributed by atoms with E-state index in [1.165, 1.54) is 6.07 Å². The number of nitrogens with two attached hydrogens (primary N) is 1. The van der Waals surface area contributed by atoms with Crippen LogP contribution in [-0.4, -0.2) is 11.7 Å². The first kappa shape index (κ1) is 10.6. The van der Waals surface area contributed by atoms with Crippen molar-refractivity contribution in [3.05, 3.63) is 34.9 Å². The maximum absolute atomic E-state index is 13.0. The monoisotopic (exact) mass is 198 g/mol. The molecular formula is C9H8F2N2O. The number of nitriles is 1. The molecule has 5 heteroatoms. The minimum atomic E-state index is -0.966. The third-order valence-corrected chi connectivity index (χ3v) is 1.80. The van der Waals surface area contributed by atoms with Gasteiger partial charge in [0.25, 0.3) is 0 Å². The van der Waals surface area contributed by atoms with Gasteiger partial charge in [0.05, 0.1) is 12.6 Å². The van der Waals surface area contributed by atoms with Crippen molar-refractivity contribution in [3.8, 4) is 6.07 Å². The van der Waals surface area contributed by atoms with Gasteiger partial charge in [-0.05, 0) is 17.7 Å². The van der Waals surface area contributed by atoms with Crippen LogP contribution < -0.4 is 5.73 Å². The Balaban J connectivity index is 3.22. The third kappa shape index (κ3) is 1.87. The van der Waals surface area contributed by atoms with Gasteiger partial charge in [-0.1, -0.05) is 0 Å². The van der Waals surface area contributed by atoms with E-state index in [2.05, 4.69) is 0 Å². The van der Waals surface area contributed by atoms with E-state index in [9.17, 15) is 8.78 Å². The molecule has 1 rings (SSSR count). The van der Waals surface area contributed by atoms with Gasteiger partial charge < -0.3 is 10.8 Å². The Morgan fingerprint density at radius 1 is 1.43 bits per heavy atom. The van der Waals surface area contributed by atoms with E-state index in [1.807, 2.05) is 0 Å². The van der Waals surface area contributed by atoms with E-state index in [4.69, 9.17) is 16.1 Å². The van der Waals surface area contributed by atoms with Crippen LogP contribution in [0.3, 0.4) is 0 Å². The fourth-order valence-electron chi connectivity index (χ4n) is 1.02. The zero-order valence-electron chi connectivity index (χ0n) is 7.17. The average Bonchev–Trinajstić information content (AvgIpc) is 2.16. The summed E-state index contributed by atoms with van der Waals surface area (Å²) >= 11 is 0. The van der Waals surface area contributed by atoms with Crippen molar-refractivity contribution in [3.63, 3.8) is 0 Å². The second-order valence-electron chi connectivity index (χ2n) is 2.76. The summed E-state index contributed by atoms with van der Waals surface area (Å²) in [5, 5.41) is 17.0. The van der Waals surface area contributed by atoms with E-state index in [0.29, 0.717) is 0 Å². The topological polar surface area (TPSA) is 70.0 Å². The van der Waals surface area contributed by atoms with Crippen molar-refractivity contribution in [2.75, 3.05) is 6.61 Å². The molecule has 1 atom stereocenters. The van der Waals surface area contributed by atoms with Crippen LogP contribution in [0.4, 0.5) is 8.78 Å². The summed E-state index contributed by atoms with van der Waals surface area (Å²) in [6.45, 7) is -0.412. The summed E-state index contributed by atoms with van der Waals surface area (Å²) in [5.74, 6) is -1.93. The van der Waals surface area contributed by atoms with Crippen LogP contribution in [0.15, 0.2) is 12.1 Å². The number of nitrogens with zero attached hydrogens (tertiary/aromatic N) is 1. The van der Waals surface area contributed by atoms with Gasteiger partial charge >= 0.3 is 0 Å². The van der Waals surface area contributed by atoms with E-state index in [1.54, 1.807) is 0 Å². The number of aliphatic hydroxyl groups is 1. The molecule has 0 aliphatic rings. The Bertz CT molecular complexity index is 364. The van der Waals surface area contributed by atoms with Crippen molar-refractivity contribution in [1.82, 2.24) is 0 Å². The quantitative estimate of drug-likeness (QED) is 0.739. The molecule has 0 saturated carbocycles. The van der Waals surface area contributed by atoms with Gasteiger partial charge in [0.2, 0.25) is 0 Å². The van der Waals surface area contributed by atoms with Gasteiger partial charge in [-0.3, -0.25) is 0 Å². The molecule has 0 spiro atoms. The molecule has 74 valence electrons. The van der Waals surface area contributed by atoms with Crippen LogP contribution in [0.2, 0.25) is 0 Å². The maximum Gasteiger partial charge on any atom is 0.144 e. The first-order chi connectivity index (χ1) is 6.60. The van der Waals surface area contributed by atoms with E-state index in [-0.39, 0.29) is 5.56 Å². The van der Waals surface area contributed by atoms with Gasteiger partial charge in [0.1, 0.15) is 23.3 Å². The predicted octanol–water partition coefficient (Wildman–Crippen LogP) is 0.829. The van der Waals surface area contributed by atoms with Gasteiger partial charge in [-0.25, -0.2) is 8.78 Å². The largest absolute Gasteiger partial charge is 0.394 e. The van der Waals surface area contributed by atoms with E-state index < -0.39 is 29.8 Å². The highest BCUT2D eigenvalue weighted by atomic mass is 19.1. The van der Waals surface area contributed by atoms with Crippen LogP contribution in [0, 0.1) is 23.0 Å². The standard InChI is InChI=1S/C9H8F2N2O/c10-7-1-5(9(13)4-14)2-8(11)6(7)3-12/h1-2,9,14H,4,13H2/t9-/m1/s1. The fourth-order valence-corrected chi connectivity index (χ4v) is 1.02. The second-order valence-corrected chi connectivity index (χ2v) is 2.76. The number of aliphatic hydroxyl groups excluding tert-OH is 1. The lowest BCUT2D eigenvalue weighted by Gasteiger charge is -2.09. The van der Waals surface area contributed by atoms with Crippen molar-refractivity contribution in [2.45, 2.75) is 6.04 Å². The molecule has 1 aromatic carbocycles. The highest BCUT2D eigenvalue weighted by Crippen LogP contribution is 2.18. The first-order valence-corrected chi connectivity index (χ1v) is 3.85. The lowest BCUT2D eigenvalue weighted by molar-refractivity contribution is 0.267. The molecule has 0 aliphatic heterocycles. The van der Waals surface area contributed by atoms with Gasteiger partial charge in [0, 0.05) is 0 Å². The summed E-state index contributed by atoms with van der Waals surface area (Å²) in [6.07, 6.45) is 0. The molecule has 0 amide bonds. The van der Waals surface area contributed by atoms with Crippen LogP contribution in [0.5, 0.6) is 0 Å². The van der Waals surface area contributed by atoms with Crippen LogP contribution in [-0.2, 0) is 0 Å². The highest BCUT2D eigenvalue weighted by Gasteiger charge is 2.13. The minimum absolute atomic E-state index is 0.126. The molecule has 0 saturated heterocycles. The Hall–Kier alpha value is -1.51. The SMILES string of the molecule is N#Cc1c(F)cc([C@H](N)CO)cc1F. The molecule has 3 nitrogen and oxygen atoms in total. The van der Waals surface area contributed by atoms with Crippen molar-refractivity contribution in [1.29, 1.82) is 5.26 Å². The minimum Gasteiger partial charge on any atom is -0.394 e. The number of benzene rings is 1. The Morgan fingerprint density at radius 2 is 1.93 bits per heavy atom. The summed E-state index contributed by atoms with van der Waals surface area (Å²) in [4.78, 5) is 0. The average molecular weight is 198 g/mol. The van der Waals surface area contributed by atoms with Crippen LogP contribution in [0.1, 0.15) is 17.2 Å². The smallest absolute Gasteiger partial charge is 0.144 e. The number of rotatable bonds is 2. The third-order valence-electron chi connectivity index (χ3n) is 1.80. The fraction of sp³-hybridized carbons (Fsp3) is 0.222. The molecule has 0 aliphatic carbocycles. The van der Waals surface area contributed by atoms with Gasteiger partial charge in [-0.15, -0.1) is 0 Å². The first-order valence-electron chi connectivity index (χ1n) is 3.85. The van der Waals surface area contributed by atoms with Crippen molar-refractivity contribution in [2.24, 2.45) is 5.73 Å². The Kier molecular flexibility index (Phi) is 3.12. The molecule has 14 heavy (non-hydrogen) atoms. The van der Waals surface area contributed by atoms with Crippen LogP contribution >= 0.6 is 0 Å². The second kappa shape index (κ2) is 4.13. The van der Waals surface area contributed by atoms with E-state index in [0.717, 1.165) is 12.1 Å². The molecule has 0 aromatic heterocycles. The maximum atomic E-state index is 13.0.